The van der Waals surface area contributed by atoms with Crippen LogP contribution in [-0.4, -0.2) is 66.5 Å². The lowest BCUT2D eigenvalue weighted by Gasteiger charge is -2.30. The first-order valence-electron chi connectivity index (χ1n) is 10.0. The zero-order chi connectivity index (χ0) is 19.8. The van der Waals surface area contributed by atoms with Gasteiger partial charge in [-0.3, -0.25) is 9.69 Å². The molecule has 0 bridgehead atoms. The van der Waals surface area contributed by atoms with Crippen molar-refractivity contribution in [1.82, 2.24) is 20.4 Å². The third-order valence-electron chi connectivity index (χ3n) is 4.87. The minimum Gasteiger partial charge on any atom is -0.357 e. The van der Waals surface area contributed by atoms with Gasteiger partial charge in [-0.1, -0.05) is 0 Å². The summed E-state index contributed by atoms with van der Waals surface area (Å²) in [7, 11) is 0. The number of carbonyl (C=O) groups excluding carboxylic acids is 1. The van der Waals surface area contributed by atoms with Crippen molar-refractivity contribution in [3.63, 3.8) is 0 Å². The number of aliphatic imine (C=N–C) groups is 1. The van der Waals surface area contributed by atoms with Gasteiger partial charge >= 0.3 is 0 Å². The lowest BCUT2D eigenvalue weighted by atomic mass is 10.1. The molecule has 28 heavy (non-hydrogen) atoms. The van der Waals surface area contributed by atoms with Gasteiger partial charge in [0.25, 0.3) is 0 Å². The predicted molar refractivity (Wildman–Crippen MR) is 130 cm³/mol. The third kappa shape index (κ3) is 7.51. The molecule has 1 aromatic heterocycles. The van der Waals surface area contributed by atoms with Gasteiger partial charge in [-0.05, 0) is 58.0 Å². The largest absolute Gasteiger partial charge is 0.357 e. The molecule has 2 heterocycles. The summed E-state index contributed by atoms with van der Waals surface area (Å²) < 4.78 is 0. The van der Waals surface area contributed by atoms with Crippen LogP contribution in [0.5, 0.6) is 0 Å². The molecule has 1 aliphatic heterocycles. The molecule has 0 radical (unpaired) electrons. The number of hydrogen-bond acceptors (Lipinski definition) is 4. The Morgan fingerprint density at radius 1 is 1.29 bits per heavy atom. The molecule has 0 unspecified atom stereocenters. The van der Waals surface area contributed by atoms with E-state index in [2.05, 4.69) is 59.7 Å². The van der Waals surface area contributed by atoms with Gasteiger partial charge in [0.15, 0.2) is 5.96 Å². The first kappa shape index (κ1) is 25.2. The SMILES string of the molecule is CCNC(=NCC(=O)N1CCc2sccc2C1)NCCN(C(C)C)C(C)C.I. The standard InChI is InChI=1S/C20H35N5OS.HI/c1-6-21-20(22-9-11-25(15(2)3)16(4)5)23-13-19(26)24-10-7-18-17(14-24)8-12-27-18;/h8,12,15-16H,6-7,9-11,13-14H2,1-5H3,(H2,21,22,23);1H. The number of carbonyl (C=O) groups is 1. The maximum absolute atomic E-state index is 12.6. The molecular weight excluding hydrogens is 485 g/mol. The molecule has 6 nitrogen and oxygen atoms in total. The Hall–Kier alpha value is -0.870. The van der Waals surface area contributed by atoms with Crippen LogP contribution in [0.2, 0.25) is 0 Å². The molecule has 160 valence electrons. The summed E-state index contributed by atoms with van der Waals surface area (Å²) in [4.78, 5) is 22.8. The fourth-order valence-electron chi connectivity index (χ4n) is 3.47. The fraction of sp³-hybridized carbons (Fsp3) is 0.700. The van der Waals surface area contributed by atoms with E-state index in [1.165, 1.54) is 10.4 Å². The number of thiophene rings is 1. The normalized spacial score (nSPS) is 14.3. The van der Waals surface area contributed by atoms with Crippen molar-refractivity contribution in [3.8, 4) is 0 Å². The number of fused-ring (bicyclic) bond motifs is 1. The summed E-state index contributed by atoms with van der Waals surface area (Å²) in [5.41, 5.74) is 1.29. The van der Waals surface area contributed by atoms with Crippen molar-refractivity contribution >= 4 is 47.2 Å². The number of nitrogens with zero attached hydrogens (tertiary/aromatic N) is 3. The van der Waals surface area contributed by atoms with Crippen LogP contribution in [0.25, 0.3) is 0 Å². The lowest BCUT2D eigenvalue weighted by Crippen LogP contribution is -2.45. The number of amides is 1. The van der Waals surface area contributed by atoms with Crippen molar-refractivity contribution < 1.29 is 4.79 Å². The molecule has 1 amide bonds. The number of nitrogens with one attached hydrogen (secondary N) is 2. The smallest absolute Gasteiger partial charge is 0.244 e. The summed E-state index contributed by atoms with van der Waals surface area (Å²) >= 11 is 1.79. The zero-order valence-corrected chi connectivity index (χ0v) is 21.0. The van der Waals surface area contributed by atoms with Crippen LogP contribution >= 0.6 is 35.3 Å². The van der Waals surface area contributed by atoms with Crippen LogP contribution in [0.3, 0.4) is 0 Å². The van der Waals surface area contributed by atoms with E-state index in [4.69, 9.17) is 0 Å². The molecule has 0 atom stereocenters. The van der Waals surface area contributed by atoms with Crippen molar-refractivity contribution in [2.75, 3.05) is 32.7 Å². The van der Waals surface area contributed by atoms with E-state index in [1.54, 1.807) is 11.3 Å². The molecule has 0 aromatic carbocycles. The van der Waals surface area contributed by atoms with E-state index in [0.29, 0.717) is 18.0 Å². The Morgan fingerprint density at radius 3 is 2.64 bits per heavy atom. The average Bonchev–Trinajstić information content (AvgIpc) is 3.09. The molecular formula is C20H36IN5OS. The van der Waals surface area contributed by atoms with Crippen molar-refractivity contribution in [1.29, 1.82) is 0 Å². The lowest BCUT2D eigenvalue weighted by molar-refractivity contribution is -0.130. The topological polar surface area (TPSA) is 60.0 Å². The average molecular weight is 522 g/mol. The maximum atomic E-state index is 12.6. The van der Waals surface area contributed by atoms with E-state index in [0.717, 1.165) is 39.1 Å². The Balaban J connectivity index is 0.00000392. The van der Waals surface area contributed by atoms with Gasteiger partial charge in [0.1, 0.15) is 6.54 Å². The third-order valence-corrected chi connectivity index (χ3v) is 5.89. The zero-order valence-electron chi connectivity index (χ0n) is 17.8. The summed E-state index contributed by atoms with van der Waals surface area (Å²) in [6, 6.07) is 3.15. The Kier molecular flexibility index (Phi) is 11.4. The molecule has 0 saturated heterocycles. The minimum atomic E-state index is 0. The Labute approximate surface area is 191 Å². The Morgan fingerprint density at radius 2 is 2.00 bits per heavy atom. The summed E-state index contributed by atoms with van der Waals surface area (Å²) in [5.74, 6) is 0.807. The van der Waals surface area contributed by atoms with E-state index in [-0.39, 0.29) is 36.4 Å². The first-order valence-corrected chi connectivity index (χ1v) is 10.9. The fourth-order valence-corrected chi connectivity index (χ4v) is 4.36. The van der Waals surface area contributed by atoms with E-state index < -0.39 is 0 Å². The quantitative estimate of drug-likeness (QED) is 0.314. The van der Waals surface area contributed by atoms with Crippen LogP contribution in [-0.2, 0) is 17.8 Å². The highest BCUT2D eigenvalue weighted by Crippen LogP contribution is 2.23. The van der Waals surface area contributed by atoms with Gasteiger partial charge in [-0.25, -0.2) is 4.99 Å². The number of halogens is 1. The molecule has 2 rings (SSSR count). The summed E-state index contributed by atoms with van der Waals surface area (Å²) in [5, 5.41) is 8.71. The van der Waals surface area contributed by atoms with Gasteiger partial charge in [0.05, 0.1) is 0 Å². The molecule has 2 N–H and O–H groups in total. The number of guanidine groups is 1. The molecule has 0 saturated carbocycles. The van der Waals surface area contributed by atoms with E-state index in [9.17, 15) is 4.79 Å². The Bertz CT molecular complexity index is 624. The maximum Gasteiger partial charge on any atom is 0.244 e. The molecule has 1 aromatic rings. The van der Waals surface area contributed by atoms with Gasteiger partial charge in [0, 0.05) is 49.7 Å². The highest BCUT2D eigenvalue weighted by Gasteiger charge is 2.21. The van der Waals surface area contributed by atoms with Gasteiger partial charge in [-0.15, -0.1) is 35.3 Å². The molecule has 0 aliphatic carbocycles. The summed E-state index contributed by atoms with van der Waals surface area (Å²) in [6.07, 6.45) is 0.959. The minimum absolute atomic E-state index is 0. The monoisotopic (exact) mass is 521 g/mol. The van der Waals surface area contributed by atoms with Crippen LogP contribution in [0.1, 0.15) is 45.1 Å². The molecule has 1 aliphatic rings. The van der Waals surface area contributed by atoms with Crippen molar-refractivity contribution in [2.24, 2.45) is 4.99 Å². The van der Waals surface area contributed by atoms with E-state index >= 15 is 0 Å². The summed E-state index contributed by atoms with van der Waals surface area (Å²) in [6.45, 7) is 15.1. The first-order chi connectivity index (χ1) is 12.9. The second-order valence-electron chi connectivity index (χ2n) is 7.48. The van der Waals surface area contributed by atoms with Crippen LogP contribution in [0.4, 0.5) is 0 Å². The molecule has 0 spiro atoms. The van der Waals surface area contributed by atoms with Crippen LogP contribution in [0, 0.1) is 0 Å². The van der Waals surface area contributed by atoms with E-state index in [1.807, 2.05) is 11.8 Å². The highest BCUT2D eigenvalue weighted by atomic mass is 127. The van der Waals surface area contributed by atoms with Gasteiger partial charge in [0.2, 0.25) is 5.91 Å². The van der Waals surface area contributed by atoms with Crippen molar-refractivity contribution in [3.05, 3.63) is 21.9 Å². The molecule has 0 fully saturated rings. The van der Waals surface area contributed by atoms with Crippen LogP contribution < -0.4 is 10.6 Å². The highest BCUT2D eigenvalue weighted by molar-refractivity contribution is 14.0. The van der Waals surface area contributed by atoms with Gasteiger partial charge < -0.3 is 15.5 Å². The predicted octanol–water partition coefficient (Wildman–Crippen LogP) is 2.92. The van der Waals surface area contributed by atoms with Crippen LogP contribution in [0.15, 0.2) is 16.4 Å². The second-order valence-corrected chi connectivity index (χ2v) is 8.48. The second kappa shape index (κ2) is 12.6. The number of rotatable bonds is 8. The molecule has 8 heteroatoms. The van der Waals surface area contributed by atoms with Gasteiger partial charge in [-0.2, -0.15) is 0 Å². The van der Waals surface area contributed by atoms with Crippen molar-refractivity contribution in [2.45, 2.75) is 59.7 Å². The number of hydrogen-bond donors (Lipinski definition) is 2.